The van der Waals surface area contributed by atoms with E-state index in [0.29, 0.717) is 26.1 Å². The Morgan fingerprint density at radius 1 is 1.33 bits per heavy atom. The minimum Gasteiger partial charge on any atom is -0.385 e. The standard InChI is InChI=1S/C9H20BrNO3S/c1-3-11(7-4-6-10)15(12,13)9-5-8-14-2/h3-9H2,1-2H3. The average molecular weight is 302 g/mol. The van der Waals surface area contributed by atoms with Crippen molar-refractivity contribution < 1.29 is 13.2 Å². The lowest BCUT2D eigenvalue weighted by molar-refractivity contribution is 0.199. The molecule has 0 aromatic carbocycles. The third kappa shape index (κ3) is 6.50. The lowest BCUT2D eigenvalue weighted by Crippen LogP contribution is -2.34. The lowest BCUT2D eigenvalue weighted by atomic mass is 10.5. The first-order valence-corrected chi connectivity index (χ1v) is 7.84. The molecule has 0 N–H and O–H groups in total. The van der Waals surface area contributed by atoms with Crippen LogP contribution < -0.4 is 0 Å². The van der Waals surface area contributed by atoms with Gasteiger partial charge in [0.1, 0.15) is 0 Å². The van der Waals surface area contributed by atoms with Gasteiger partial charge in [-0.15, -0.1) is 0 Å². The van der Waals surface area contributed by atoms with Crippen molar-refractivity contribution in [3.8, 4) is 0 Å². The fourth-order valence-corrected chi connectivity index (χ4v) is 3.04. The molecule has 0 amide bonds. The Bertz CT molecular complexity index is 244. The molecule has 0 radical (unpaired) electrons. The topological polar surface area (TPSA) is 46.6 Å². The Morgan fingerprint density at radius 2 is 2.00 bits per heavy atom. The van der Waals surface area contributed by atoms with Crippen LogP contribution in [0.1, 0.15) is 19.8 Å². The van der Waals surface area contributed by atoms with Gasteiger partial charge in [-0.05, 0) is 12.8 Å². The van der Waals surface area contributed by atoms with Crippen LogP contribution in [-0.2, 0) is 14.8 Å². The lowest BCUT2D eigenvalue weighted by Gasteiger charge is -2.19. The Balaban J connectivity index is 4.13. The number of rotatable bonds is 9. The summed E-state index contributed by atoms with van der Waals surface area (Å²) >= 11 is 3.30. The van der Waals surface area contributed by atoms with Gasteiger partial charge in [-0.3, -0.25) is 0 Å². The fourth-order valence-electron chi connectivity index (χ4n) is 1.24. The number of alkyl halides is 1. The number of halogens is 1. The van der Waals surface area contributed by atoms with Crippen molar-refractivity contribution in [2.24, 2.45) is 0 Å². The molecule has 0 saturated carbocycles. The molecule has 0 fully saturated rings. The third-order valence-corrected chi connectivity index (χ3v) is 4.63. The predicted molar refractivity (Wildman–Crippen MR) is 65.9 cm³/mol. The Morgan fingerprint density at radius 3 is 2.47 bits per heavy atom. The van der Waals surface area contributed by atoms with Crippen molar-refractivity contribution >= 4 is 26.0 Å². The summed E-state index contributed by atoms with van der Waals surface area (Å²) in [5.74, 6) is 0.178. The average Bonchev–Trinajstić information content (AvgIpc) is 2.19. The first kappa shape index (κ1) is 15.3. The van der Waals surface area contributed by atoms with Gasteiger partial charge in [-0.2, -0.15) is 0 Å². The van der Waals surface area contributed by atoms with E-state index >= 15 is 0 Å². The second-order valence-electron chi connectivity index (χ2n) is 3.20. The Labute approximate surface area is 101 Å². The van der Waals surface area contributed by atoms with E-state index in [9.17, 15) is 8.42 Å². The highest BCUT2D eigenvalue weighted by Crippen LogP contribution is 2.05. The quantitative estimate of drug-likeness (QED) is 0.478. The zero-order valence-corrected chi connectivity index (χ0v) is 11.8. The molecule has 0 bridgehead atoms. The van der Waals surface area contributed by atoms with Gasteiger partial charge in [0.25, 0.3) is 0 Å². The van der Waals surface area contributed by atoms with E-state index in [-0.39, 0.29) is 5.75 Å². The molecule has 0 aliphatic rings. The maximum atomic E-state index is 11.8. The van der Waals surface area contributed by atoms with Crippen LogP contribution in [0.2, 0.25) is 0 Å². The third-order valence-electron chi connectivity index (χ3n) is 2.04. The first-order chi connectivity index (χ1) is 7.08. The monoisotopic (exact) mass is 301 g/mol. The van der Waals surface area contributed by atoms with Crippen molar-refractivity contribution in [3.63, 3.8) is 0 Å². The smallest absolute Gasteiger partial charge is 0.214 e. The van der Waals surface area contributed by atoms with Gasteiger partial charge < -0.3 is 4.74 Å². The fraction of sp³-hybridized carbons (Fsp3) is 1.00. The zero-order chi connectivity index (χ0) is 11.7. The normalized spacial score (nSPS) is 12.3. The van der Waals surface area contributed by atoms with Gasteiger partial charge in [0.05, 0.1) is 5.75 Å². The molecule has 6 heteroatoms. The van der Waals surface area contributed by atoms with Crippen LogP contribution in [0, 0.1) is 0 Å². The maximum absolute atomic E-state index is 11.8. The minimum absolute atomic E-state index is 0.178. The van der Waals surface area contributed by atoms with Crippen molar-refractivity contribution in [3.05, 3.63) is 0 Å². The highest BCUT2D eigenvalue weighted by atomic mass is 79.9. The SMILES string of the molecule is CCN(CCCBr)S(=O)(=O)CCCOC. The van der Waals surface area contributed by atoms with Gasteiger partial charge in [0.15, 0.2) is 0 Å². The Hall–Kier alpha value is 0.350. The van der Waals surface area contributed by atoms with Crippen LogP contribution in [0.5, 0.6) is 0 Å². The van der Waals surface area contributed by atoms with E-state index in [2.05, 4.69) is 15.9 Å². The van der Waals surface area contributed by atoms with E-state index in [1.807, 2.05) is 6.92 Å². The van der Waals surface area contributed by atoms with Crippen LogP contribution in [0.4, 0.5) is 0 Å². The van der Waals surface area contributed by atoms with Crippen LogP contribution in [0.25, 0.3) is 0 Å². The molecule has 0 aliphatic carbocycles. The number of hydrogen-bond acceptors (Lipinski definition) is 3. The number of methoxy groups -OCH3 is 1. The molecule has 15 heavy (non-hydrogen) atoms. The number of nitrogens with zero attached hydrogens (tertiary/aromatic N) is 1. The van der Waals surface area contributed by atoms with Gasteiger partial charge in [0.2, 0.25) is 10.0 Å². The molecular weight excluding hydrogens is 282 g/mol. The van der Waals surface area contributed by atoms with E-state index in [0.717, 1.165) is 11.8 Å². The largest absolute Gasteiger partial charge is 0.385 e. The van der Waals surface area contributed by atoms with Gasteiger partial charge in [-0.1, -0.05) is 22.9 Å². The molecule has 0 rings (SSSR count). The molecule has 0 aromatic rings. The predicted octanol–water partition coefficient (Wildman–Crippen LogP) is 1.46. The van der Waals surface area contributed by atoms with Crippen molar-refractivity contribution in [1.82, 2.24) is 4.31 Å². The molecule has 0 heterocycles. The van der Waals surface area contributed by atoms with Gasteiger partial charge >= 0.3 is 0 Å². The molecule has 0 saturated heterocycles. The van der Waals surface area contributed by atoms with E-state index in [1.54, 1.807) is 7.11 Å². The summed E-state index contributed by atoms with van der Waals surface area (Å²) in [6, 6.07) is 0. The molecule has 0 atom stereocenters. The second kappa shape index (κ2) is 8.50. The molecule has 92 valence electrons. The highest BCUT2D eigenvalue weighted by molar-refractivity contribution is 9.09. The first-order valence-electron chi connectivity index (χ1n) is 5.11. The van der Waals surface area contributed by atoms with Crippen molar-refractivity contribution in [1.29, 1.82) is 0 Å². The summed E-state index contributed by atoms with van der Waals surface area (Å²) in [5, 5.41) is 0.830. The molecule has 4 nitrogen and oxygen atoms in total. The van der Waals surface area contributed by atoms with Crippen LogP contribution in [0.3, 0.4) is 0 Å². The Kier molecular flexibility index (Phi) is 8.69. The van der Waals surface area contributed by atoms with Gasteiger partial charge in [-0.25, -0.2) is 12.7 Å². The summed E-state index contributed by atoms with van der Waals surface area (Å²) in [4.78, 5) is 0. The zero-order valence-electron chi connectivity index (χ0n) is 9.41. The van der Waals surface area contributed by atoms with E-state index < -0.39 is 10.0 Å². The summed E-state index contributed by atoms with van der Waals surface area (Å²) in [7, 11) is -1.51. The van der Waals surface area contributed by atoms with Crippen LogP contribution in [0.15, 0.2) is 0 Å². The van der Waals surface area contributed by atoms with E-state index in [4.69, 9.17) is 4.74 Å². The highest BCUT2D eigenvalue weighted by Gasteiger charge is 2.18. The van der Waals surface area contributed by atoms with Crippen LogP contribution in [-0.4, -0.2) is 50.6 Å². The second-order valence-corrected chi connectivity index (χ2v) is 6.08. The number of sulfonamides is 1. The van der Waals surface area contributed by atoms with Gasteiger partial charge in [0, 0.05) is 32.1 Å². The summed E-state index contributed by atoms with van der Waals surface area (Å²) in [6.45, 7) is 3.50. The van der Waals surface area contributed by atoms with Crippen LogP contribution >= 0.6 is 15.9 Å². The summed E-state index contributed by atoms with van der Waals surface area (Å²) in [6.07, 6.45) is 1.40. The molecule has 0 aliphatic heterocycles. The van der Waals surface area contributed by atoms with Crippen molar-refractivity contribution in [2.75, 3.05) is 37.9 Å². The van der Waals surface area contributed by atoms with E-state index in [1.165, 1.54) is 4.31 Å². The molecule has 0 unspecified atom stereocenters. The summed E-state index contributed by atoms with van der Waals surface area (Å²) in [5.41, 5.74) is 0. The molecule has 0 aromatic heterocycles. The number of ether oxygens (including phenoxy) is 1. The summed E-state index contributed by atoms with van der Waals surface area (Å²) < 4.78 is 30.0. The number of hydrogen-bond donors (Lipinski definition) is 0. The maximum Gasteiger partial charge on any atom is 0.214 e. The minimum atomic E-state index is -3.08. The molecule has 0 spiro atoms. The van der Waals surface area contributed by atoms with Crippen molar-refractivity contribution in [2.45, 2.75) is 19.8 Å². The molecular formula is C9H20BrNO3S.